The van der Waals surface area contributed by atoms with E-state index in [0.29, 0.717) is 23.1 Å². The van der Waals surface area contributed by atoms with Crippen LogP contribution in [0, 0.1) is 11.8 Å². The summed E-state index contributed by atoms with van der Waals surface area (Å²) in [6.45, 7) is 10.1. The van der Waals surface area contributed by atoms with E-state index in [1.807, 2.05) is 7.05 Å². The summed E-state index contributed by atoms with van der Waals surface area (Å²) in [6, 6.07) is 6.61. The zero-order valence-corrected chi connectivity index (χ0v) is 17.1. The lowest BCUT2D eigenvalue weighted by Crippen LogP contribution is -2.33. The van der Waals surface area contributed by atoms with Gasteiger partial charge < -0.3 is 9.80 Å². The summed E-state index contributed by atoms with van der Waals surface area (Å²) in [5, 5.41) is 0. The highest BCUT2D eigenvalue weighted by Gasteiger charge is 2.25. The molecule has 0 unspecified atom stereocenters. The second-order valence-electron chi connectivity index (χ2n) is 7.58. The minimum atomic E-state index is -3.30. The number of hydrogen-bond acceptors (Lipinski definition) is 4. The van der Waals surface area contributed by atoms with Crippen LogP contribution in [0.25, 0.3) is 0 Å². The van der Waals surface area contributed by atoms with Gasteiger partial charge in [0.2, 0.25) is 10.0 Å². The molecule has 1 N–H and O–H groups in total. The lowest BCUT2D eigenvalue weighted by molar-refractivity contribution is 0.0773. The third kappa shape index (κ3) is 5.99. The fourth-order valence-corrected chi connectivity index (χ4v) is 4.01. The number of anilines is 1. The van der Waals surface area contributed by atoms with Gasteiger partial charge in [0.1, 0.15) is 0 Å². The molecule has 1 aliphatic heterocycles. The number of benzene rings is 1. The van der Waals surface area contributed by atoms with Crippen molar-refractivity contribution in [1.29, 1.82) is 0 Å². The number of sulfonamides is 1. The highest BCUT2D eigenvalue weighted by atomic mass is 32.2. The minimum absolute atomic E-state index is 0.0195. The van der Waals surface area contributed by atoms with Gasteiger partial charge in [-0.25, -0.2) is 8.42 Å². The molecule has 1 aliphatic rings. The maximum atomic E-state index is 12.6. The van der Waals surface area contributed by atoms with E-state index >= 15 is 0 Å². The molecule has 1 heterocycles. The molecule has 7 heteroatoms. The van der Waals surface area contributed by atoms with Crippen LogP contribution in [0.15, 0.2) is 24.3 Å². The van der Waals surface area contributed by atoms with E-state index in [1.54, 1.807) is 36.1 Å². The Kier molecular flexibility index (Phi) is 7.06. The first kappa shape index (κ1) is 20.7. The molecule has 1 aromatic rings. The summed E-state index contributed by atoms with van der Waals surface area (Å²) in [4.78, 5) is 16.9. The summed E-state index contributed by atoms with van der Waals surface area (Å²) in [6.07, 6.45) is 1.13. The molecule has 1 atom stereocenters. The number of amides is 1. The predicted octanol–water partition coefficient (Wildman–Crippen LogP) is 2.50. The molecule has 1 amide bonds. The molecule has 1 saturated heterocycles. The van der Waals surface area contributed by atoms with Gasteiger partial charge in [0, 0.05) is 37.9 Å². The summed E-state index contributed by atoms with van der Waals surface area (Å²) < 4.78 is 25.7. The molecule has 0 aliphatic carbocycles. The topological polar surface area (TPSA) is 69.7 Å². The Balaban J connectivity index is 1.90. The maximum absolute atomic E-state index is 12.6. The number of carbonyl (C=O) groups is 1. The van der Waals surface area contributed by atoms with Gasteiger partial charge in [0.05, 0.1) is 5.75 Å². The Bertz CT molecular complexity index is 701. The van der Waals surface area contributed by atoms with E-state index in [-0.39, 0.29) is 11.7 Å². The van der Waals surface area contributed by atoms with Crippen molar-refractivity contribution in [2.45, 2.75) is 27.2 Å². The molecular weight excluding hydrogens is 350 g/mol. The van der Waals surface area contributed by atoms with E-state index in [2.05, 4.69) is 23.5 Å². The van der Waals surface area contributed by atoms with Crippen LogP contribution in [0.3, 0.4) is 0 Å². The Morgan fingerprint density at radius 3 is 2.54 bits per heavy atom. The van der Waals surface area contributed by atoms with E-state index in [1.165, 1.54) is 0 Å². The number of nitrogens with zero attached hydrogens (tertiary/aromatic N) is 2. The third-order valence-corrected chi connectivity index (χ3v) is 5.96. The summed E-state index contributed by atoms with van der Waals surface area (Å²) in [5.41, 5.74) is 1.05. The fraction of sp³-hybridized carbons (Fsp3) is 0.632. The van der Waals surface area contributed by atoms with Crippen molar-refractivity contribution in [3.8, 4) is 0 Å². The summed E-state index contributed by atoms with van der Waals surface area (Å²) >= 11 is 0. The minimum Gasteiger partial charge on any atom is -0.341 e. The Hall–Kier alpha value is -1.60. The fourth-order valence-electron chi connectivity index (χ4n) is 3.37. The molecule has 0 aromatic heterocycles. The van der Waals surface area contributed by atoms with Crippen molar-refractivity contribution in [2.24, 2.45) is 11.8 Å². The average Bonchev–Trinajstić information content (AvgIpc) is 3.00. The lowest BCUT2D eigenvalue weighted by atomic mass is 10.1. The van der Waals surface area contributed by atoms with Crippen LogP contribution in [0.2, 0.25) is 0 Å². The zero-order chi connectivity index (χ0) is 19.3. The first-order valence-corrected chi connectivity index (χ1v) is 10.9. The van der Waals surface area contributed by atoms with Crippen LogP contribution in [0.1, 0.15) is 37.6 Å². The molecule has 0 saturated carbocycles. The van der Waals surface area contributed by atoms with Crippen molar-refractivity contribution >= 4 is 21.6 Å². The van der Waals surface area contributed by atoms with Gasteiger partial charge in [-0.3, -0.25) is 9.52 Å². The van der Waals surface area contributed by atoms with Crippen molar-refractivity contribution in [2.75, 3.05) is 43.7 Å². The normalized spacial score (nSPS) is 18.3. The standard InChI is InChI=1S/C19H31N3O3S/c1-5-26(24,25)20-18-8-6-17(7-9-18)19(23)21(4)13-16-10-11-22(14-16)12-15(2)3/h6-9,15-16,20H,5,10-14H2,1-4H3/t16-/m1/s1. The van der Waals surface area contributed by atoms with E-state index in [9.17, 15) is 13.2 Å². The largest absolute Gasteiger partial charge is 0.341 e. The molecule has 0 radical (unpaired) electrons. The molecule has 26 heavy (non-hydrogen) atoms. The van der Waals surface area contributed by atoms with E-state index in [0.717, 1.165) is 32.6 Å². The molecule has 6 nitrogen and oxygen atoms in total. The van der Waals surface area contributed by atoms with Gasteiger partial charge in [-0.15, -0.1) is 0 Å². The van der Waals surface area contributed by atoms with Crippen molar-refractivity contribution < 1.29 is 13.2 Å². The summed E-state index contributed by atoms with van der Waals surface area (Å²) in [7, 11) is -1.47. The SMILES string of the molecule is CCS(=O)(=O)Nc1ccc(C(=O)N(C)C[C@H]2CCN(CC(C)C)C2)cc1. The van der Waals surface area contributed by atoms with Gasteiger partial charge in [0.15, 0.2) is 0 Å². The molecule has 1 aromatic carbocycles. The van der Waals surface area contributed by atoms with E-state index < -0.39 is 10.0 Å². The number of hydrogen-bond donors (Lipinski definition) is 1. The van der Waals surface area contributed by atoms with Gasteiger partial charge >= 0.3 is 0 Å². The maximum Gasteiger partial charge on any atom is 0.253 e. The van der Waals surface area contributed by atoms with Crippen molar-refractivity contribution in [3.63, 3.8) is 0 Å². The number of likely N-dealkylation sites (tertiary alicyclic amines) is 1. The molecule has 0 spiro atoms. The molecular formula is C19H31N3O3S. The summed E-state index contributed by atoms with van der Waals surface area (Å²) in [5.74, 6) is 1.17. The predicted molar refractivity (Wildman–Crippen MR) is 106 cm³/mol. The first-order valence-electron chi connectivity index (χ1n) is 9.28. The second kappa shape index (κ2) is 8.86. The van der Waals surface area contributed by atoms with Crippen LogP contribution in [0.4, 0.5) is 5.69 Å². The number of rotatable bonds is 8. The first-order chi connectivity index (χ1) is 12.2. The number of nitrogens with one attached hydrogen (secondary N) is 1. The Morgan fingerprint density at radius 2 is 1.96 bits per heavy atom. The molecule has 0 bridgehead atoms. The highest BCUT2D eigenvalue weighted by molar-refractivity contribution is 7.92. The average molecular weight is 382 g/mol. The third-order valence-electron chi connectivity index (χ3n) is 4.66. The monoisotopic (exact) mass is 381 g/mol. The van der Waals surface area contributed by atoms with Gasteiger partial charge in [-0.1, -0.05) is 13.8 Å². The Morgan fingerprint density at radius 1 is 1.31 bits per heavy atom. The van der Waals surface area contributed by atoms with E-state index in [4.69, 9.17) is 0 Å². The number of carbonyl (C=O) groups excluding carboxylic acids is 1. The smallest absolute Gasteiger partial charge is 0.253 e. The van der Waals surface area contributed by atoms with Crippen LogP contribution in [-0.4, -0.2) is 63.1 Å². The zero-order valence-electron chi connectivity index (χ0n) is 16.2. The van der Waals surface area contributed by atoms with Crippen LogP contribution < -0.4 is 4.72 Å². The van der Waals surface area contributed by atoms with Crippen LogP contribution in [0.5, 0.6) is 0 Å². The van der Waals surface area contributed by atoms with Crippen LogP contribution in [-0.2, 0) is 10.0 Å². The van der Waals surface area contributed by atoms with Crippen molar-refractivity contribution in [3.05, 3.63) is 29.8 Å². The lowest BCUT2D eigenvalue weighted by Gasteiger charge is -2.22. The quantitative estimate of drug-likeness (QED) is 0.751. The van der Waals surface area contributed by atoms with Gasteiger partial charge in [-0.05, 0) is 56.0 Å². The molecule has 2 rings (SSSR count). The molecule has 1 fully saturated rings. The van der Waals surface area contributed by atoms with Gasteiger partial charge in [-0.2, -0.15) is 0 Å². The van der Waals surface area contributed by atoms with Gasteiger partial charge in [0.25, 0.3) is 5.91 Å². The second-order valence-corrected chi connectivity index (χ2v) is 9.59. The van der Waals surface area contributed by atoms with Crippen LogP contribution >= 0.6 is 0 Å². The molecule has 146 valence electrons. The highest BCUT2D eigenvalue weighted by Crippen LogP contribution is 2.19. The van der Waals surface area contributed by atoms with Crippen molar-refractivity contribution in [1.82, 2.24) is 9.80 Å². The Labute approximate surface area is 157 Å².